The molecule has 2 unspecified atom stereocenters. The molecule has 1 amide bonds. The van der Waals surface area contributed by atoms with E-state index >= 15 is 0 Å². The summed E-state index contributed by atoms with van der Waals surface area (Å²) in [5.74, 6) is 0.561. The van der Waals surface area contributed by atoms with Gasteiger partial charge in [-0.2, -0.15) is 0 Å². The van der Waals surface area contributed by atoms with Crippen LogP contribution in [0.4, 0.5) is 0 Å². The molecule has 0 saturated carbocycles. The van der Waals surface area contributed by atoms with Crippen LogP contribution in [0.3, 0.4) is 0 Å². The van der Waals surface area contributed by atoms with Crippen molar-refractivity contribution < 1.29 is 4.79 Å². The minimum atomic E-state index is -0.173. The molecule has 0 aromatic carbocycles. The van der Waals surface area contributed by atoms with Crippen LogP contribution in [0.25, 0.3) is 0 Å². The molecule has 1 rings (SSSR count). The molecule has 1 saturated heterocycles. The third-order valence-corrected chi connectivity index (χ3v) is 4.15. The van der Waals surface area contributed by atoms with Gasteiger partial charge in [-0.05, 0) is 58.2 Å². The van der Waals surface area contributed by atoms with Crippen molar-refractivity contribution in [2.75, 3.05) is 19.6 Å². The summed E-state index contributed by atoms with van der Waals surface area (Å²) in [5.41, 5.74) is 5.45. The van der Waals surface area contributed by atoms with E-state index < -0.39 is 0 Å². The Morgan fingerprint density at radius 2 is 2.00 bits per heavy atom. The van der Waals surface area contributed by atoms with Crippen LogP contribution in [0, 0.1) is 5.92 Å². The summed E-state index contributed by atoms with van der Waals surface area (Å²) in [4.78, 5) is 13.6. The van der Waals surface area contributed by atoms with Gasteiger partial charge in [0.2, 0.25) is 5.91 Å². The highest BCUT2D eigenvalue weighted by Gasteiger charge is 2.29. The molecule has 4 heteroatoms. The number of likely N-dealkylation sites (tertiary alicyclic amines) is 1. The van der Waals surface area contributed by atoms with Crippen LogP contribution in [0.2, 0.25) is 0 Å². The van der Waals surface area contributed by atoms with Gasteiger partial charge in [-0.1, -0.05) is 13.8 Å². The van der Waals surface area contributed by atoms with E-state index in [0.29, 0.717) is 6.04 Å². The minimum absolute atomic E-state index is 0.0649. The molecule has 106 valence electrons. The van der Waals surface area contributed by atoms with Crippen LogP contribution in [0.15, 0.2) is 0 Å². The van der Waals surface area contributed by atoms with Crippen molar-refractivity contribution >= 4 is 5.91 Å². The molecular weight excluding hydrogens is 226 g/mol. The molecule has 1 heterocycles. The number of primary amides is 1. The average Bonchev–Trinajstić information content (AvgIpc) is 2.37. The Labute approximate surface area is 111 Å². The number of amides is 1. The Hall–Kier alpha value is -0.610. The van der Waals surface area contributed by atoms with Gasteiger partial charge in [0.25, 0.3) is 0 Å². The van der Waals surface area contributed by atoms with Crippen molar-refractivity contribution in [3.05, 3.63) is 0 Å². The first-order valence-corrected chi connectivity index (χ1v) is 7.36. The van der Waals surface area contributed by atoms with Crippen molar-refractivity contribution in [2.45, 2.75) is 58.5 Å². The van der Waals surface area contributed by atoms with Gasteiger partial charge < -0.3 is 11.1 Å². The lowest BCUT2D eigenvalue weighted by Crippen LogP contribution is -2.50. The van der Waals surface area contributed by atoms with Gasteiger partial charge >= 0.3 is 0 Å². The van der Waals surface area contributed by atoms with E-state index in [4.69, 9.17) is 5.73 Å². The molecule has 1 aliphatic rings. The predicted molar refractivity (Wildman–Crippen MR) is 75.3 cm³/mol. The number of nitrogens with two attached hydrogens (primary N) is 1. The van der Waals surface area contributed by atoms with Gasteiger partial charge in [0.05, 0.1) is 6.04 Å². The molecule has 0 aromatic rings. The van der Waals surface area contributed by atoms with Crippen molar-refractivity contribution in [3.63, 3.8) is 0 Å². The highest BCUT2D eigenvalue weighted by Crippen LogP contribution is 2.22. The number of nitrogens with zero attached hydrogens (tertiary/aromatic N) is 1. The average molecular weight is 255 g/mol. The van der Waals surface area contributed by atoms with Crippen LogP contribution in [0.5, 0.6) is 0 Å². The molecule has 1 aliphatic heterocycles. The Kier molecular flexibility index (Phi) is 6.65. The number of carbonyl (C=O) groups excluding carboxylic acids is 1. The fourth-order valence-electron chi connectivity index (χ4n) is 2.91. The van der Waals surface area contributed by atoms with Crippen molar-refractivity contribution in [2.24, 2.45) is 11.7 Å². The number of rotatable bonds is 7. The van der Waals surface area contributed by atoms with E-state index in [1.54, 1.807) is 0 Å². The van der Waals surface area contributed by atoms with E-state index in [1.165, 1.54) is 19.3 Å². The number of carbonyl (C=O) groups is 1. The second-order valence-electron chi connectivity index (χ2n) is 5.44. The minimum Gasteiger partial charge on any atom is -0.368 e. The van der Waals surface area contributed by atoms with Gasteiger partial charge in [-0.3, -0.25) is 9.69 Å². The molecule has 0 spiro atoms. The van der Waals surface area contributed by atoms with Crippen molar-refractivity contribution in [1.82, 2.24) is 10.2 Å². The van der Waals surface area contributed by atoms with E-state index in [9.17, 15) is 4.79 Å². The van der Waals surface area contributed by atoms with Gasteiger partial charge in [-0.15, -0.1) is 0 Å². The summed E-state index contributed by atoms with van der Waals surface area (Å²) >= 11 is 0. The monoisotopic (exact) mass is 255 g/mol. The maximum absolute atomic E-state index is 11.4. The number of hydrogen-bond acceptors (Lipinski definition) is 3. The molecule has 0 radical (unpaired) electrons. The van der Waals surface area contributed by atoms with E-state index in [2.05, 4.69) is 24.1 Å². The number of nitrogens with one attached hydrogen (secondary N) is 1. The Morgan fingerprint density at radius 3 is 2.44 bits per heavy atom. The summed E-state index contributed by atoms with van der Waals surface area (Å²) in [6.45, 7) is 9.62. The third kappa shape index (κ3) is 4.25. The Balaban J connectivity index is 2.38. The summed E-state index contributed by atoms with van der Waals surface area (Å²) in [6, 6.07) is 0.519. The van der Waals surface area contributed by atoms with Crippen molar-refractivity contribution in [1.29, 1.82) is 0 Å². The Bertz CT molecular complexity index is 249. The zero-order chi connectivity index (χ0) is 13.5. The van der Waals surface area contributed by atoms with Crippen LogP contribution in [-0.2, 0) is 4.79 Å². The zero-order valence-corrected chi connectivity index (χ0v) is 12.1. The first-order valence-electron chi connectivity index (χ1n) is 7.36. The Morgan fingerprint density at radius 1 is 1.39 bits per heavy atom. The summed E-state index contributed by atoms with van der Waals surface area (Å²) in [5, 5.41) is 3.57. The van der Waals surface area contributed by atoms with Gasteiger partial charge in [-0.25, -0.2) is 0 Å². The summed E-state index contributed by atoms with van der Waals surface area (Å²) in [7, 11) is 0. The molecule has 1 fully saturated rings. The maximum Gasteiger partial charge on any atom is 0.234 e. The van der Waals surface area contributed by atoms with Crippen molar-refractivity contribution in [3.8, 4) is 0 Å². The normalized spacial score (nSPS) is 21.7. The number of piperidine rings is 1. The summed E-state index contributed by atoms with van der Waals surface area (Å²) < 4.78 is 0. The van der Waals surface area contributed by atoms with Crippen LogP contribution in [0.1, 0.15) is 46.5 Å². The zero-order valence-electron chi connectivity index (χ0n) is 12.1. The molecule has 0 aliphatic carbocycles. The molecule has 0 aromatic heterocycles. The quantitative estimate of drug-likeness (QED) is 0.722. The highest BCUT2D eigenvalue weighted by atomic mass is 16.1. The lowest BCUT2D eigenvalue weighted by atomic mass is 9.89. The lowest BCUT2D eigenvalue weighted by Gasteiger charge is -2.38. The fourth-order valence-corrected chi connectivity index (χ4v) is 2.91. The largest absolute Gasteiger partial charge is 0.368 e. The maximum atomic E-state index is 11.4. The second-order valence-corrected chi connectivity index (χ2v) is 5.44. The van der Waals surface area contributed by atoms with Gasteiger partial charge in [0.15, 0.2) is 0 Å². The van der Waals surface area contributed by atoms with E-state index in [1.807, 2.05) is 6.92 Å². The molecule has 18 heavy (non-hydrogen) atoms. The smallest absolute Gasteiger partial charge is 0.234 e. The molecule has 0 bridgehead atoms. The van der Waals surface area contributed by atoms with Gasteiger partial charge in [0, 0.05) is 6.04 Å². The van der Waals surface area contributed by atoms with Crippen LogP contribution < -0.4 is 11.1 Å². The van der Waals surface area contributed by atoms with Crippen LogP contribution >= 0.6 is 0 Å². The standard InChI is InChI=1S/C14H29N3O/c1-4-8-16-11(3)12-6-9-17(10-7-12)13(5-2)14(15)18/h11-13,16H,4-10H2,1-3H3,(H2,15,18). The van der Waals surface area contributed by atoms with Crippen LogP contribution in [-0.4, -0.2) is 42.5 Å². The molecule has 3 N–H and O–H groups in total. The van der Waals surface area contributed by atoms with E-state index in [-0.39, 0.29) is 11.9 Å². The first-order chi connectivity index (χ1) is 8.60. The molecular formula is C14H29N3O. The SMILES string of the molecule is CCCNC(C)C1CCN(C(CC)C(N)=O)CC1. The first kappa shape index (κ1) is 15.4. The summed E-state index contributed by atoms with van der Waals surface area (Å²) in [6.07, 6.45) is 4.34. The third-order valence-electron chi connectivity index (χ3n) is 4.15. The molecule has 2 atom stereocenters. The van der Waals surface area contributed by atoms with E-state index in [0.717, 1.165) is 32.0 Å². The highest BCUT2D eigenvalue weighted by molar-refractivity contribution is 5.79. The second kappa shape index (κ2) is 7.74. The number of hydrogen-bond donors (Lipinski definition) is 2. The fraction of sp³-hybridized carbons (Fsp3) is 0.929. The topological polar surface area (TPSA) is 58.4 Å². The predicted octanol–water partition coefficient (Wildman–Crippen LogP) is 1.35. The lowest BCUT2D eigenvalue weighted by molar-refractivity contribution is -0.124. The van der Waals surface area contributed by atoms with Gasteiger partial charge in [0.1, 0.15) is 0 Å². The molecule has 4 nitrogen and oxygen atoms in total.